The molecule has 1 aromatic heterocycles. The van der Waals surface area contributed by atoms with Gasteiger partial charge in [0.15, 0.2) is 11.5 Å². The quantitative estimate of drug-likeness (QED) is 0.879. The lowest BCUT2D eigenvalue weighted by Gasteiger charge is -2.10. The summed E-state index contributed by atoms with van der Waals surface area (Å²) in [4.78, 5) is 24.1. The molecule has 5 heteroatoms. The van der Waals surface area contributed by atoms with Crippen molar-refractivity contribution in [2.45, 2.75) is 45.1 Å². The summed E-state index contributed by atoms with van der Waals surface area (Å²) < 4.78 is 5.63. The Labute approximate surface area is 118 Å². The summed E-state index contributed by atoms with van der Waals surface area (Å²) in [7, 11) is 0. The summed E-state index contributed by atoms with van der Waals surface area (Å²) in [6.07, 6.45) is 4.36. The maximum atomic E-state index is 12.2. The lowest BCUT2D eigenvalue weighted by Crippen LogP contribution is -2.37. The minimum Gasteiger partial charge on any atom is -0.455 e. The fourth-order valence-electron chi connectivity index (χ4n) is 3.09. The lowest BCUT2D eigenvalue weighted by atomic mass is 9.94. The molecule has 2 N–H and O–H groups in total. The van der Waals surface area contributed by atoms with Crippen LogP contribution in [-0.2, 0) is 6.42 Å². The smallest absolute Gasteiger partial charge is 0.287 e. The highest BCUT2D eigenvalue weighted by molar-refractivity contribution is 6.03. The number of fused-ring (bicyclic) bond motifs is 1. The van der Waals surface area contributed by atoms with E-state index in [4.69, 9.17) is 4.42 Å². The lowest BCUT2D eigenvalue weighted by molar-refractivity contribution is 0.0916. The Kier molecular flexibility index (Phi) is 3.61. The van der Waals surface area contributed by atoms with Gasteiger partial charge in [0, 0.05) is 31.0 Å². The third kappa shape index (κ3) is 2.38. The summed E-state index contributed by atoms with van der Waals surface area (Å²) in [5.41, 5.74) is 1.34. The Balaban J connectivity index is 1.73. The number of aryl methyl sites for hydroxylation is 1. The van der Waals surface area contributed by atoms with Crippen LogP contribution in [0.4, 0.5) is 0 Å². The summed E-state index contributed by atoms with van der Waals surface area (Å²) in [6, 6.07) is 0.352. The van der Waals surface area contributed by atoms with Gasteiger partial charge >= 0.3 is 0 Å². The molecule has 1 atom stereocenters. The van der Waals surface area contributed by atoms with Crippen LogP contribution in [0.25, 0.3) is 0 Å². The van der Waals surface area contributed by atoms with Crippen LogP contribution in [0.3, 0.4) is 0 Å². The highest BCUT2D eigenvalue weighted by atomic mass is 16.4. The predicted molar refractivity (Wildman–Crippen MR) is 74.1 cm³/mol. The molecule has 20 heavy (non-hydrogen) atoms. The summed E-state index contributed by atoms with van der Waals surface area (Å²) in [5.74, 6) is 0.883. The van der Waals surface area contributed by atoms with Crippen molar-refractivity contribution in [3.8, 4) is 0 Å². The first-order chi connectivity index (χ1) is 9.66. The van der Waals surface area contributed by atoms with Gasteiger partial charge in [-0.15, -0.1) is 0 Å². The van der Waals surface area contributed by atoms with Crippen LogP contribution < -0.4 is 10.6 Å². The molecule has 1 unspecified atom stereocenters. The Morgan fingerprint density at radius 1 is 1.40 bits per heavy atom. The molecule has 1 aliphatic carbocycles. The number of hydrogen-bond donors (Lipinski definition) is 2. The van der Waals surface area contributed by atoms with Crippen molar-refractivity contribution in [2.24, 2.45) is 0 Å². The Morgan fingerprint density at radius 3 is 2.95 bits per heavy atom. The van der Waals surface area contributed by atoms with Gasteiger partial charge in [-0.25, -0.2) is 0 Å². The molecule has 3 rings (SSSR count). The van der Waals surface area contributed by atoms with Crippen LogP contribution in [0.5, 0.6) is 0 Å². The molecule has 0 bridgehead atoms. The zero-order valence-electron chi connectivity index (χ0n) is 11.8. The van der Waals surface area contributed by atoms with E-state index < -0.39 is 0 Å². The first-order valence-electron chi connectivity index (χ1n) is 7.34. The zero-order chi connectivity index (χ0) is 14.1. The molecule has 1 aromatic rings. The number of carbonyl (C=O) groups excluding carboxylic acids is 2. The molecule has 1 fully saturated rings. The molecule has 1 amide bonds. The Hall–Kier alpha value is -1.62. The number of Topliss-reactive ketones (excluding diaryl/α,β-unsaturated/α-hetero) is 1. The fourth-order valence-corrected chi connectivity index (χ4v) is 3.09. The van der Waals surface area contributed by atoms with Gasteiger partial charge in [0.05, 0.1) is 5.56 Å². The van der Waals surface area contributed by atoms with E-state index in [1.165, 1.54) is 0 Å². The van der Waals surface area contributed by atoms with E-state index in [1.54, 1.807) is 6.92 Å². The molecule has 2 aliphatic rings. The third-order valence-electron chi connectivity index (χ3n) is 4.18. The fraction of sp³-hybridized carbons (Fsp3) is 0.600. The van der Waals surface area contributed by atoms with Gasteiger partial charge in [0.25, 0.3) is 5.91 Å². The van der Waals surface area contributed by atoms with Gasteiger partial charge in [-0.3, -0.25) is 9.59 Å². The second-order valence-electron chi connectivity index (χ2n) is 5.63. The number of amides is 1. The third-order valence-corrected chi connectivity index (χ3v) is 4.18. The highest BCUT2D eigenvalue weighted by Crippen LogP contribution is 2.29. The van der Waals surface area contributed by atoms with Gasteiger partial charge in [0.1, 0.15) is 5.76 Å². The molecule has 0 radical (unpaired) electrons. The van der Waals surface area contributed by atoms with E-state index >= 15 is 0 Å². The van der Waals surface area contributed by atoms with Crippen LogP contribution in [-0.4, -0.2) is 30.8 Å². The SMILES string of the molecule is Cc1c(C(=O)NCC2CCCN2)oc2c1C(=O)CCC2. The number of ketones is 1. The van der Waals surface area contributed by atoms with Crippen molar-refractivity contribution in [1.29, 1.82) is 0 Å². The van der Waals surface area contributed by atoms with Crippen LogP contribution >= 0.6 is 0 Å². The average molecular weight is 276 g/mol. The van der Waals surface area contributed by atoms with Gasteiger partial charge in [0.2, 0.25) is 0 Å². The summed E-state index contributed by atoms with van der Waals surface area (Å²) >= 11 is 0. The van der Waals surface area contributed by atoms with Gasteiger partial charge in [-0.2, -0.15) is 0 Å². The Bertz CT molecular complexity index is 542. The van der Waals surface area contributed by atoms with Crippen LogP contribution in [0.2, 0.25) is 0 Å². The number of furan rings is 1. The normalized spacial score (nSPS) is 21.9. The number of hydrogen-bond acceptors (Lipinski definition) is 4. The molecule has 2 heterocycles. The average Bonchev–Trinajstić information content (AvgIpc) is 3.05. The standard InChI is InChI=1S/C15H20N2O3/c1-9-13-11(18)5-2-6-12(13)20-14(9)15(19)17-8-10-4-3-7-16-10/h10,16H,2-8H2,1H3,(H,17,19). The molecular formula is C15H20N2O3. The molecule has 1 aliphatic heterocycles. The molecule has 5 nitrogen and oxygen atoms in total. The van der Waals surface area contributed by atoms with Crippen molar-refractivity contribution < 1.29 is 14.0 Å². The number of nitrogens with one attached hydrogen (secondary N) is 2. The summed E-state index contributed by atoms with van der Waals surface area (Å²) in [5, 5.41) is 6.23. The van der Waals surface area contributed by atoms with Crippen LogP contribution in [0.15, 0.2) is 4.42 Å². The Morgan fingerprint density at radius 2 is 2.25 bits per heavy atom. The van der Waals surface area contributed by atoms with E-state index in [-0.39, 0.29) is 11.7 Å². The zero-order valence-corrected chi connectivity index (χ0v) is 11.8. The maximum Gasteiger partial charge on any atom is 0.287 e. The van der Waals surface area contributed by atoms with E-state index in [2.05, 4.69) is 10.6 Å². The number of rotatable bonds is 3. The molecule has 1 saturated heterocycles. The van der Waals surface area contributed by atoms with Gasteiger partial charge in [-0.05, 0) is 32.7 Å². The van der Waals surface area contributed by atoms with E-state index in [0.717, 1.165) is 32.2 Å². The van der Waals surface area contributed by atoms with Crippen LogP contribution in [0, 0.1) is 6.92 Å². The minimum absolute atomic E-state index is 0.101. The first-order valence-corrected chi connectivity index (χ1v) is 7.34. The molecule has 0 aromatic carbocycles. The topological polar surface area (TPSA) is 71.3 Å². The summed E-state index contributed by atoms with van der Waals surface area (Å²) in [6.45, 7) is 3.43. The number of carbonyl (C=O) groups is 2. The highest BCUT2D eigenvalue weighted by Gasteiger charge is 2.29. The monoisotopic (exact) mass is 276 g/mol. The first kappa shape index (κ1) is 13.4. The second-order valence-corrected chi connectivity index (χ2v) is 5.63. The predicted octanol–water partition coefficient (Wildman–Crippen LogP) is 1.59. The minimum atomic E-state index is -0.210. The van der Waals surface area contributed by atoms with E-state index in [0.29, 0.717) is 41.7 Å². The molecule has 0 saturated carbocycles. The molecule has 0 spiro atoms. The van der Waals surface area contributed by atoms with Crippen molar-refractivity contribution >= 4 is 11.7 Å². The van der Waals surface area contributed by atoms with Gasteiger partial charge in [-0.1, -0.05) is 0 Å². The van der Waals surface area contributed by atoms with Crippen molar-refractivity contribution in [3.05, 3.63) is 22.6 Å². The maximum absolute atomic E-state index is 12.2. The van der Waals surface area contributed by atoms with E-state index in [1.807, 2.05) is 0 Å². The van der Waals surface area contributed by atoms with E-state index in [9.17, 15) is 9.59 Å². The molecular weight excluding hydrogens is 256 g/mol. The van der Waals surface area contributed by atoms with Crippen molar-refractivity contribution in [2.75, 3.05) is 13.1 Å². The van der Waals surface area contributed by atoms with Crippen molar-refractivity contribution in [3.63, 3.8) is 0 Å². The second kappa shape index (κ2) is 5.40. The van der Waals surface area contributed by atoms with Crippen LogP contribution in [0.1, 0.15) is 57.9 Å². The largest absolute Gasteiger partial charge is 0.455 e. The van der Waals surface area contributed by atoms with Crippen molar-refractivity contribution in [1.82, 2.24) is 10.6 Å². The van der Waals surface area contributed by atoms with Gasteiger partial charge < -0.3 is 15.1 Å². The molecule has 108 valence electrons.